The highest BCUT2D eigenvalue weighted by Gasteiger charge is 2.20. The largest absolute Gasteiger partial charge is 0.464 e. The number of para-hydroxylation sites is 1. The predicted octanol–water partition coefficient (Wildman–Crippen LogP) is 12.7. The molecule has 0 aliphatic carbocycles. The fourth-order valence-electron chi connectivity index (χ4n) is 7.01. The van der Waals surface area contributed by atoms with E-state index in [1.165, 1.54) is 43.4 Å². The third-order valence-electron chi connectivity index (χ3n) is 9.16. The topological polar surface area (TPSA) is 14.2 Å². The van der Waals surface area contributed by atoms with Crippen molar-refractivity contribution in [3.63, 3.8) is 0 Å². The number of ether oxygens (including phenoxy) is 1. The van der Waals surface area contributed by atoms with Gasteiger partial charge in [0.05, 0.1) is 22.7 Å². The van der Waals surface area contributed by atoms with Gasteiger partial charge in [0.2, 0.25) is 0 Å². The van der Waals surface area contributed by atoms with E-state index in [0.717, 1.165) is 44.4 Å². The number of nitrogens with zero attached hydrogens (tertiary/aromatic N) is 1. The maximum Gasteiger partial charge on any atom is 0.144 e. The number of benzene rings is 7. The molecule has 0 saturated heterocycles. The molecule has 1 aromatic heterocycles. The van der Waals surface area contributed by atoms with E-state index < -0.39 is 0 Å². The Morgan fingerprint density at radius 1 is 0.521 bits per heavy atom. The molecule has 0 N–H and O–H groups in total. The molecule has 1 aliphatic rings. The molecule has 0 amide bonds. The summed E-state index contributed by atoms with van der Waals surface area (Å²) in [6.45, 7) is 11.0. The standard InChI is InChI=1S/C42H27NO.C4H6/c1-27-11-8-9-24-44-42-31(27)22-23-40-41(42)37-18-6-7-19-39(37)43(40)30-13-10-12-28(25-30)29-20-21-36-34-16-3-2-14-32(34)33-15-4-5-17-35(33)38(36)26-29;1-3-4-2/h2-26H,1H2;3-4H,1-2H2/b11-8-,24-9-;. The van der Waals surface area contributed by atoms with Crippen LogP contribution in [0.2, 0.25) is 0 Å². The molecule has 0 radical (unpaired) electrons. The minimum atomic E-state index is 0.841. The Kier molecular flexibility index (Phi) is 7.32. The third kappa shape index (κ3) is 4.74. The Labute approximate surface area is 280 Å². The van der Waals surface area contributed by atoms with E-state index in [-0.39, 0.29) is 0 Å². The average Bonchev–Trinajstić information content (AvgIpc) is 3.48. The van der Waals surface area contributed by atoms with Crippen molar-refractivity contribution in [3.05, 3.63) is 189 Å². The summed E-state index contributed by atoms with van der Waals surface area (Å²) < 4.78 is 8.61. The van der Waals surface area contributed by atoms with Crippen molar-refractivity contribution in [2.45, 2.75) is 0 Å². The summed E-state index contributed by atoms with van der Waals surface area (Å²) in [5.41, 5.74) is 7.66. The highest BCUT2D eigenvalue weighted by atomic mass is 16.5. The number of fused-ring (bicyclic) bond motifs is 11. The Balaban J connectivity index is 0.000000799. The van der Waals surface area contributed by atoms with Gasteiger partial charge >= 0.3 is 0 Å². The molecule has 0 spiro atoms. The Morgan fingerprint density at radius 2 is 1.15 bits per heavy atom. The second kappa shape index (κ2) is 12.1. The Morgan fingerprint density at radius 3 is 1.85 bits per heavy atom. The number of hydrogen-bond acceptors (Lipinski definition) is 1. The first-order valence-corrected chi connectivity index (χ1v) is 16.1. The van der Waals surface area contributed by atoms with Crippen molar-refractivity contribution in [3.8, 4) is 22.6 Å². The van der Waals surface area contributed by atoms with Crippen molar-refractivity contribution < 1.29 is 4.74 Å². The number of hydrogen-bond donors (Lipinski definition) is 0. The highest BCUT2D eigenvalue weighted by Crippen LogP contribution is 2.43. The molecule has 2 heterocycles. The molecule has 0 bridgehead atoms. The van der Waals surface area contributed by atoms with Crippen molar-refractivity contribution in [1.82, 2.24) is 4.57 Å². The molecule has 0 fully saturated rings. The summed E-state index contributed by atoms with van der Waals surface area (Å²) in [4.78, 5) is 0. The molecule has 0 unspecified atom stereocenters. The van der Waals surface area contributed by atoms with Gasteiger partial charge in [0.25, 0.3) is 0 Å². The van der Waals surface area contributed by atoms with Gasteiger partial charge in [-0.1, -0.05) is 135 Å². The normalized spacial score (nSPS) is 13.7. The second-order valence-electron chi connectivity index (χ2n) is 11.9. The fourth-order valence-corrected chi connectivity index (χ4v) is 7.01. The van der Waals surface area contributed by atoms with Crippen LogP contribution < -0.4 is 4.74 Å². The fraction of sp³-hybridized carbons (Fsp3) is 0. The van der Waals surface area contributed by atoms with E-state index in [1.807, 2.05) is 18.2 Å². The quantitative estimate of drug-likeness (QED) is 0.142. The molecule has 1 aliphatic heterocycles. The maximum atomic E-state index is 6.26. The lowest BCUT2D eigenvalue weighted by Gasteiger charge is -2.14. The van der Waals surface area contributed by atoms with E-state index in [1.54, 1.807) is 18.4 Å². The van der Waals surface area contributed by atoms with Gasteiger partial charge in [0, 0.05) is 16.6 Å². The maximum absolute atomic E-state index is 6.26. The van der Waals surface area contributed by atoms with Gasteiger partial charge in [-0.05, 0) is 91.5 Å². The van der Waals surface area contributed by atoms with Crippen molar-refractivity contribution >= 4 is 59.7 Å². The lowest BCUT2D eigenvalue weighted by Crippen LogP contribution is -1.96. The summed E-state index contributed by atoms with van der Waals surface area (Å²) in [5.74, 6) is 0.841. The van der Waals surface area contributed by atoms with Gasteiger partial charge < -0.3 is 9.30 Å². The number of allylic oxidation sites excluding steroid dienone is 6. The molecule has 2 heteroatoms. The molecule has 7 aromatic carbocycles. The van der Waals surface area contributed by atoms with Crippen LogP contribution in [0.15, 0.2) is 184 Å². The minimum Gasteiger partial charge on any atom is -0.464 e. The summed E-state index contributed by atoms with van der Waals surface area (Å²) in [5, 5.41) is 9.95. The zero-order valence-electron chi connectivity index (χ0n) is 26.6. The van der Waals surface area contributed by atoms with Crippen LogP contribution in [0.4, 0.5) is 0 Å². The molecular weight excluding hydrogens is 583 g/mol. The van der Waals surface area contributed by atoms with E-state index in [0.29, 0.717) is 0 Å². The summed E-state index contributed by atoms with van der Waals surface area (Å²) in [6, 6.07) is 46.1. The first-order valence-electron chi connectivity index (χ1n) is 16.1. The van der Waals surface area contributed by atoms with Crippen molar-refractivity contribution in [2.75, 3.05) is 0 Å². The highest BCUT2D eigenvalue weighted by molar-refractivity contribution is 6.25. The first-order chi connectivity index (χ1) is 23.7. The SMILES string of the molecule is C=C1/C=C\C=C/Oc2c1ccc1c2c2ccccc2n1-c1cccc(-c2ccc3c4ccccc4c4ccccc4c3c2)c1.C=CC=C. The molecule has 0 saturated carbocycles. The summed E-state index contributed by atoms with van der Waals surface area (Å²) >= 11 is 0. The van der Waals surface area contributed by atoms with Gasteiger partial charge in [-0.3, -0.25) is 0 Å². The minimum absolute atomic E-state index is 0.841. The van der Waals surface area contributed by atoms with E-state index in [9.17, 15) is 0 Å². The number of aromatic nitrogens is 1. The molecule has 0 atom stereocenters. The molecule has 228 valence electrons. The van der Waals surface area contributed by atoms with Gasteiger partial charge in [0.1, 0.15) is 5.75 Å². The monoisotopic (exact) mass is 615 g/mol. The van der Waals surface area contributed by atoms with Crippen LogP contribution in [0, 0.1) is 0 Å². The molecule has 8 aromatic rings. The zero-order chi connectivity index (χ0) is 32.6. The lowest BCUT2D eigenvalue weighted by atomic mass is 9.92. The van der Waals surface area contributed by atoms with Crippen molar-refractivity contribution in [1.29, 1.82) is 0 Å². The smallest absolute Gasteiger partial charge is 0.144 e. The van der Waals surface area contributed by atoms with Gasteiger partial charge in [0.15, 0.2) is 0 Å². The van der Waals surface area contributed by atoms with Crippen LogP contribution in [-0.2, 0) is 0 Å². The van der Waals surface area contributed by atoms with E-state index in [4.69, 9.17) is 4.74 Å². The summed E-state index contributed by atoms with van der Waals surface area (Å²) in [6.07, 6.45) is 10.9. The first kappa shape index (κ1) is 29.1. The lowest BCUT2D eigenvalue weighted by molar-refractivity contribution is 0.485. The van der Waals surface area contributed by atoms with Crippen molar-refractivity contribution in [2.24, 2.45) is 0 Å². The Hall–Kier alpha value is -6.38. The predicted molar refractivity (Wildman–Crippen MR) is 207 cm³/mol. The van der Waals surface area contributed by atoms with Crippen LogP contribution in [0.1, 0.15) is 5.56 Å². The van der Waals surface area contributed by atoms with Crippen LogP contribution in [0.25, 0.3) is 76.5 Å². The molecule has 2 nitrogen and oxygen atoms in total. The van der Waals surface area contributed by atoms with E-state index >= 15 is 0 Å². The zero-order valence-corrected chi connectivity index (χ0v) is 26.6. The second-order valence-corrected chi connectivity index (χ2v) is 11.9. The van der Waals surface area contributed by atoms with E-state index in [2.05, 4.69) is 152 Å². The number of rotatable bonds is 3. The van der Waals surface area contributed by atoms with Crippen LogP contribution in [0.5, 0.6) is 5.75 Å². The van der Waals surface area contributed by atoms with Gasteiger partial charge in [-0.25, -0.2) is 0 Å². The van der Waals surface area contributed by atoms with Gasteiger partial charge in [-0.2, -0.15) is 0 Å². The Bertz CT molecular complexity index is 2610. The average molecular weight is 616 g/mol. The third-order valence-corrected chi connectivity index (χ3v) is 9.16. The molecule has 9 rings (SSSR count). The summed E-state index contributed by atoms with van der Waals surface area (Å²) in [7, 11) is 0. The van der Waals surface area contributed by atoms with Crippen LogP contribution in [-0.4, -0.2) is 4.57 Å². The van der Waals surface area contributed by atoms with Crippen LogP contribution >= 0.6 is 0 Å². The molecule has 48 heavy (non-hydrogen) atoms. The van der Waals surface area contributed by atoms with Gasteiger partial charge in [-0.15, -0.1) is 0 Å². The van der Waals surface area contributed by atoms with Crippen LogP contribution in [0.3, 0.4) is 0 Å². The molecular formula is C46H33NO.